The summed E-state index contributed by atoms with van der Waals surface area (Å²) in [4.78, 5) is 21.7. The van der Waals surface area contributed by atoms with Gasteiger partial charge in [-0.05, 0) is 50.3 Å². The van der Waals surface area contributed by atoms with Crippen LogP contribution in [0.5, 0.6) is 0 Å². The number of nitrogens with zero attached hydrogens (tertiary/aromatic N) is 2. The van der Waals surface area contributed by atoms with Gasteiger partial charge >= 0.3 is 5.97 Å². The minimum Gasteiger partial charge on any atom is -0.462 e. The van der Waals surface area contributed by atoms with Crippen LogP contribution in [0.3, 0.4) is 0 Å². The number of aromatic nitrogens is 2. The zero-order valence-corrected chi connectivity index (χ0v) is 14.8. The van der Waals surface area contributed by atoms with Gasteiger partial charge in [-0.3, -0.25) is 0 Å². The first-order chi connectivity index (χ1) is 11.1. The van der Waals surface area contributed by atoms with Crippen molar-refractivity contribution >= 4 is 44.9 Å². The van der Waals surface area contributed by atoms with Crippen LogP contribution in [0, 0.1) is 6.92 Å². The van der Waals surface area contributed by atoms with E-state index in [2.05, 4.69) is 15.3 Å². The third-order valence-corrected chi connectivity index (χ3v) is 4.69. The fraction of sp³-hybridized carbons (Fsp3) is 0.533. The molecule has 2 heterocycles. The molecule has 0 saturated heterocycles. The van der Waals surface area contributed by atoms with Crippen molar-refractivity contribution in [3.63, 3.8) is 0 Å². The number of nitrogens with one attached hydrogen (secondary N) is 1. The normalized spacial score (nSPS) is 11.0. The summed E-state index contributed by atoms with van der Waals surface area (Å²) in [6.07, 6.45) is 2.63. The molecule has 2 rings (SSSR count). The summed E-state index contributed by atoms with van der Waals surface area (Å²) in [6.45, 7) is 4.88. The van der Waals surface area contributed by atoms with Gasteiger partial charge in [-0.2, -0.15) is 0 Å². The second-order valence-corrected chi connectivity index (χ2v) is 6.35. The van der Waals surface area contributed by atoms with Gasteiger partial charge in [-0.15, -0.1) is 11.3 Å². The smallest absolute Gasteiger partial charge is 0.348 e. The van der Waals surface area contributed by atoms with Gasteiger partial charge in [-0.25, -0.2) is 14.8 Å². The van der Waals surface area contributed by atoms with Crippen LogP contribution in [-0.2, 0) is 4.74 Å². The number of unbranched alkanes of at least 4 members (excludes halogenated alkanes) is 2. The lowest BCUT2D eigenvalue weighted by atomic mass is 10.2. The fourth-order valence-corrected chi connectivity index (χ4v) is 3.55. The van der Waals surface area contributed by atoms with Gasteiger partial charge < -0.3 is 15.2 Å². The first kappa shape index (κ1) is 17.9. The van der Waals surface area contributed by atoms with Gasteiger partial charge in [0.15, 0.2) is 0 Å². The van der Waals surface area contributed by atoms with Gasteiger partial charge in [0.1, 0.15) is 15.5 Å². The van der Waals surface area contributed by atoms with Crippen LogP contribution in [-0.4, -0.2) is 40.8 Å². The van der Waals surface area contributed by atoms with Gasteiger partial charge in [0.05, 0.1) is 12.0 Å². The Morgan fingerprint density at radius 3 is 2.83 bits per heavy atom. The molecule has 0 aliphatic heterocycles. The van der Waals surface area contributed by atoms with Crippen LogP contribution in [0.25, 0.3) is 10.2 Å². The van der Waals surface area contributed by atoms with Gasteiger partial charge in [0, 0.05) is 13.2 Å². The van der Waals surface area contributed by atoms with Gasteiger partial charge in [0.2, 0.25) is 5.28 Å². The lowest BCUT2D eigenvalue weighted by molar-refractivity contribution is 0.0531. The molecule has 2 aromatic heterocycles. The molecule has 0 amide bonds. The van der Waals surface area contributed by atoms with E-state index in [0.29, 0.717) is 28.7 Å². The van der Waals surface area contributed by atoms with Crippen LogP contribution in [0.15, 0.2) is 0 Å². The highest BCUT2D eigenvalue weighted by Gasteiger charge is 2.21. The Hall–Kier alpha value is -1.44. The Bertz CT molecular complexity index is 690. The third kappa shape index (κ3) is 4.31. The van der Waals surface area contributed by atoms with E-state index in [4.69, 9.17) is 21.4 Å². The number of aliphatic hydroxyl groups excluding tert-OH is 1. The maximum Gasteiger partial charge on any atom is 0.348 e. The fourth-order valence-electron chi connectivity index (χ4n) is 2.25. The molecular weight excluding hydrogens is 338 g/mol. The standard InChI is InChI=1S/C15H20ClN3O3S/c1-3-22-14(21)11-9(2)10-12(17-7-5-4-6-8-20)18-15(16)19-13(10)23-11/h20H,3-8H2,1-2H3,(H,17,18,19). The minimum atomic E-state index is -0.349. The highest BCUT2D eigenvalue weighted by Crippen LogP contribution is 2.35. The monoisotopic (exact) mass is 357 g/mol. The summed E-state index contributed by atoms with van der Waals surface area (Å²) in [5.74, 6) is 0.284. The Morgan fingerprint density at radius 2 is 2.13 bits per heavy atom. The Labute approximate surface area is 143 Å². The molecule has 126 valence electrons. The number of thiophene rings is 1. The van der Waals surface area contributed by atoms with Crippen LogP contribution >= 0.6 is 22.9 Å². The Morgan fingerprint density at radius 1 is 1.35 bits per heavy atom. The molecular formula is C15H20ClN3O3S. The van der Waals surface area contributed by atoms with Crippen molar-refractivity contribution in [2.75, 3.05) is 25.1 Å². The number of hydrogen-bond acceptors (Lipinski definition) is 7. The van der Waals surface area contributed by atoms with Crippen LogP contribution in [0.2, 0.25) is 5.28 Å². The Kier molecular flexibility index (Phi) is 6.56. The molecule has 8 heteroatoms. The molecule has 6 nitrogen and oxygen atoms in total. The molecule has 0 fully saturated rings. The average molecular weight is 358 g/mol. The number of carbonyl (C=O) groups excluding carboxylic acids is 1. The molecule has 0 saturated carbocycles. The molecule has 0 aliphatic rings. The van der Waals surface area contributed by atoms with Crippen molar-refractivity contribution in [3.8, 4) is 0 Å². The lowest BCUT2D eigenvalue weighted by Gasteiger charge is -2.07. The lowest BCUT2D eigenvalue weighted by Crippen LogP contribution is -2.06. The molecule has 0 radical (unpaired) electrons. The zero-order valence-electron chi connectivity index (χ0n) is 13.2. The number of carbonyl (C=O) groups is 1. The SMILES string of the molecule is CCOC(=O)c1sc2nc(Cl)nc(NCCCCCO)c2c1C. The van der Waals surface area contributed by atoms with Crippen molar-refractivity contribution in [2.24, 2.45) is 0 Å². The number of ether oxygens (including phenoxy) is 1. The van der Waals surface area contributed by atoms with Crippen LogP contribution in [0.4, 0.5) is 5.82 Å². The van der Waals surface area contributed by atoms with Crippen LogP contribution < -0.4 is 5.32 Å². The summed E-state index contributed by atoms with van der Waals surface area (Å²) >= 11 is 7.25. The molecule has 0 aromatic carbocycles. The van der Waals surface area contributed by atoms with Crippen LogP contribution in [0.1, 0.15) is 41.4 Å². The minimum absolute atomic E-state index is 0.145. The predicted octanol–water partition coefficient (Wildman–Crippen LogP) is 3.40. The van der Waals surface area contributed by atoms with E-state index in [9.17, 15) is 4.79 Å². The summed E-state index contributed by atoms with van der Waals surface area (Å²) in [6, 6.07) is 0. The maximum absolute atomic E-state index is 12.0. The summed E-state index contributed by atoms with van der Waals surface area (Å²) in [5, 5.41) is 13.0. The summed E-state index contributed by atoms with van der Waals surface area (Å²) < 4.78 is 5.08. The van der Waals surface area contributed by atoms with E-state index >= 15 is 0 Å². The molecule has 23 heavy (non-hydrogen) atoms. The van der Waals surface area contributed by atoms with E-state index < -0.39 is 0 Å². The van der Waals surface area contributed by atoms with Crippen molar-refractivity contribution in [3.05, 3.63) is 15.7 Å². The molecule has 2 N–H and O–H groups in total. The summed E-state index contributed by atoms with van der Waals surface area (Å²) in [5.41, 5.74) is 0.804. The topological polar surface area (TPSA) is 84.3 Å². The first-order valence-corrected chi connectivity index (χ1v) is 8.76. The average Bonchev–Trinajstić information content (AvgIpc) is 2.84. The Balaban J connectivity index is 2.27. The largest absolute Gasteiger partial charge is 0.462 e. The van der Waals surface area contributed by atoms with E-state index in [1.54, 1.807) is 6.92 Å². The van der Waals surface area contributed by atoms with E-state index in [1.165, 1.54) is 11.3 Å². The molecule has 0 bridgehead atoms. The number of anilines is 1. The molecule has 2 aromatic rings. The van der Waals surface area contributed by atoms with Gasteiger partial charge in [-0.1, -0.05) is 0 Å². The predicted molar refractivity (Wildman–Crippen MR) is 92.5 cm³/mol. The molecule has 0 spiro atoms. The highest BCUT2D eigenvalue weighted by molar-refractivity contribution is 7.20. The third-order valence-electron chi connectivity index (χ3n) is 3.35. The number of aliphatic hydroxyl groups is 1. The number of halogens is 1. The number of rotatable bonds is 8. The molecule has 0 aliphatic carbocycles. The number of esters is 1. The quantitative estimate of drug-likeness (QED) is 0.428. The van der Waals surface area contributed by atoms with Crippen molar-refractivity contribution in [2.45, 2.75) is 33.1 Å². The van der Waals surface area contributed by atoms with Gasteiger partial charge in [0.25, 0.3) is 0 Å². The van der Waals surface area contributed by atoms with Crippen molar-refractivity contribution in [1.82, 2.24) is 9.97 Å². The maximum atomic E-state index is 12.0. The molecule has 0 atom stereocenters. The van der Waals surface area contributed by atoms with E-state index in [0.717, 1.165) is 30.2 Å². The highest BCUT2D eigenvalue weighted by atomic mass is 35.5. The number of aryl methyl sites for hydroxylation is 1. The second-order valence-electron chi connectivity index (χ2n) is 5.01. The first-order valence-electron chi connectivity index (χ1n) is 7.57. The second kappa shape index (κ2) is 8.42. The molecule has 0 unspecified atom stereocenters. The number of hydrogen-bond donors (Lipinski definition) is 2. The van der Waals surface area contributed by atoms with Crippen molar-refractivity contribution < 1.29 is 14.6 Å². The number of fused-ring (bicyclic) bond motifs is 1. The van der Waals surface area contributed by atoms with E-state index in [1.807, 2.05) is 6.92 Å². The van der Waals surface area contributed by atoms with Crippen molar-refractivity contribution in [1.29, 1.82) is 0 Å². The van der Waals surface area contributed by atoms with E-state index in [-0.39, 0.29) is 17.9 Å². The zero-order chi connectivity index (χ0) is 16.8. The summed E-state index contributed by atoms with van der Waals surface area (Å²) in [7, 11) is 0.